The van der Waals surface area contributed by atoms with Crippen LogP contribution in [0.2, 0.25) is 5.02 Å². The first-order valence-corrected chi connectivity index (χ1v) is 4.67. The molecule has 0 aliphatic heterocycles. The van der Waals surface area contributed by atoms with Gasteiger partial charge in [0.05, 0.1) is 11.5 Å². The van der Waals surface area contributed by atoms with Gasteiger partial charge in [-0.25, -0.2) is 0 Å². The van der Waals surface area contributed by atoms with E-state index in [1.807, 2.05) is 0 Å². The number of hydrogen-bond donors (Lipinski definition) is 0. The predicted octanol–water partition coefficient (Wildman–Crippen LogP) is 2.68. The van der Waals surface area contributed by atoms with Crippen LogP contribution in [0.5, 0.6) is 0 Å². The Morgan fingerprint density at radius 2 is 2.31 bits per heavy atom. The Balaban J connectivity index is 2.46. The minimum absolute atomic E-state index is 0.342. The zero-order valence-electron chi connectivity index (χ0n) is 7.13. The summed E-state index contributed by atoms with van der Waals surface area (Å²) in [4.78, 5) is 4.01. The summed E-state index contributed by atoms with van der Waals surface area (Å²) in [7, 11) is 0. The number of aromatic nitrogens is 1. The van der Waals surface area contributed by atoms with E-state index < -0.39 is 0 Å². The number of pyridine rings is 1. The van der Waals surface area contributed by atoms with Crippen molar-refractivity contribution in [1.82, 2.24) is 4.98 Å². The lowest BCUT2D eigenvalue weighted by molar-refractivity contribution is 0.323. The van der Waals surface area contributed by atoms with Gasteiger partial charge in [0.15, 0.2) is 0 Å². The largest absolute Gasteiger partial charge is 0.264 e. The van der Waals surface area contributed by atoms with E-state index in [1.54, 1.807) is 18.5 Å². The summed E-state index contributed by atoms with van der Waals surface area (Å²) in [6.07, 6.45) is 6.29. The lowest BCUT2D eigenvalue weighted by Gasteiger charge is -2.35. The molecule has 0 unspecified atom stereocenters. The molecule has 66 valence electrons. The normalized spacial score (nSPS) is 18.8. The second-order valence-corrected chi connectivity index (χ2v) is 3.81. The van der Waals surface area contributed by atoms with Gasteiger partial charge in [0.1, 0.15) is 0 Å². The van der Waals surface area contributed by atoms with Gasteiger partial charge in [-0.15, -0.1) is 0 Å². The van der Waals surface area contributed by atoms with Crippen molar-refractivity contribution in [2.75, 3.05) is 0 Å². The van der Waals surface area contributed by atoms with Gasteiger partial charge in [-0.05, 0) is 25.3 Å². The molecule has 1 saturated carbocycles. The smallest absolute Gasteiger partial charge is 0.0851 e. The molecule has 0 radical (unpaired) electrons. The van der Waals surface area contributed by atoms with Crippen LogP contribution in [0, 0.1) is 11.3 Å². The summed E-state index contributed by atoms with van der Waals surface area (Å²) in [6.45, 7) is 0. The third-order valence-electron chi connectivity index (χ3n) is 2.70. The third kappa shape index (κ3) is 1.20. The van der Waals surface area contributed by atoms with Crippen molar-refractivity contribution < 1.29 is 0 Å². The summed E-state index contributed by atoms with van der Waals surface area (Å²) in [5.74, 6) is 0. The van der Waals surface area contributed by atoms with E-state index in [0.29, 0.717) is 5.02 Å². The maximum absolute atomic E-state index is 9.08. The highest BCUT2D eigenvalue weighted by Crippen LogP contribution is 2.45. The van der Waals surface area contributed by atoms with Crippen LogP contribution in [-0.2, 0) is 5.41 Å². The van der Waals surface area contributed by atoms with E-state index in [4.69, 9.17) is 16.9 Å². The van der Waals surface area contributed by atoms with Crippen LogP contribution in [-0.4, -0.2) is 4.98 Å². The zero-order valence-corrected chi connectivity index (χ0v) is 7.88. The van der Waals surface area contributed by atoms with Crippen LogP contribution < -0.4 is 0 Å². The molecule has 0 aromatic carbocycles. The number of hydrogen-bond acceptors (Lipinski definition) is 2. The average Bonchev–Trinajstić information content (AvgIpc) is 2.07. The van der Waals surface area contributed by atoms with Gasteiger partial charge >= 0.3 is 0 Å². The van der Waals surface area contributed by atoms with Gasteiger partial charge < -0.3 is 0 Å². The van der Waals surface area contributed by atoms with Crippen LogP contribution in [0.25, 0.3) is 0 Å². The zero-order chi connectivity index (χ0) is 9.31. The number of halogens is 1. The minimum atomic E-state index is -0.342. The Kier molecular flexibility index (Phi) is 1.97. The molecule has 1 heterocycles. The molecule has 1 aliphatic rings. The van der Waals surface area contributed by atoms with Crippen LogP contribution in [0.1, 0.15) is 24.8 Å². The SMILES string of the molecule is N#CC1(c2cnccc2Cl)CCC1. The van der Waals surface area contributed by atoms with Gasteiger partial charge in [-0.1, -0.05) is 11.6 Å². The Bertz CT molecular complexity index is 363. The monoisotopic (exact) mass is 192 g/mol. The lowest BCUT2D eigenvalue weighted by atomic mass is 9.66. The van der Waals surface area contributed by atoms with Gasteiger partial charge in [-0.2, -0.15) is 5.26 Å². The molecule has 0 N–H and O–H groups in total. The summed E-state index contributed by atoms with van der Waals surface area (Å²) < 4.78 is 0. The Morgan fingerprint density at radius 3 is 2.77 bits per heavy atom. The fourth-order valence-corrected chi connectivity index (χ4v) is 1.99. The molecule has 0 amide bonds. The molecule has 0 bridgehead atoms. The molecule has 0 saturated heterocycles. The lowest BCUT2D eigenvalue weighted by Crippen LogP contribution is -2.32. The van der Waals surface area contributed by atoms with Gasteiger partial charge in [0.2, 0.25) is 0 Å². The van der Waals surface area contributed by atoms with Crippen molar-refractivity contribution in [1.29, 1.82) is 5.26 Å². The van der Waals surface area contributed by atoms with Gasteiger partial charge in [-0.3, -0.25) is 4.98 Å². The van der Waals surface area contributed by atoms with E-state index in [-0.39, 0.29) is 5.41 Å². The molecule has 13 heavy (non-hydrogen) atoms. The summed E-state index contributed by atoms with van der Waals surface area (Å²) in [6, 6.07) is 4.09. The van der Waals surface area contributed by atoms with E-state index in [0.717, 1.165) is 24.8 Å². The minimum Gasteiger partial charge on any atom is -0.264 e. The molecule has 0 spiro atoms. The van der Waals surface area contributed by atoms with E-state index in [9.17, 15) is 0 Å². The Morgan fingerprint density at radius 1 is 1.54 bits per heavy atom. The maximum Gasteiger partial charge on any atom is 0.0851 e. The first-order chi connectivity index (χ1) is 6.28. The second kappa shape index (κ2) is 3.01. The Labute approximate surface area is 82.2 Å². The molecular weight excluding hydrogens is 184 g/mol. The highest BCUT2D eigenvalue weighted by Gasteiger charge is 2.40. The van der Waals surface area contributed by atoms with Gasteiger partial charge in [0.25, 0.3) is 0 Å². The fraction of sp³-hybridized carbons (Fsp3) is 0.400. The highest BCUT2D eigenvalue weighted by molar-refractivity contribution is 6.31. The molecule has 1 fully saturated rings. The first kappa shape index (κ1) is 8.52. The molecule has 2 nitrogen and oxygen atoms in total. The van der Waals surface area contributed by atoms with Crippen molar-refractivity contribution in [2.45, 2.75) is 24.7 Å². The van der Waals surface area contributed by atoms with Crippen molar-refractivity contribution >= 4 is 11.6 Å². The standard InChI is InChI=1S/C10H9ClN2/c11-9-2-5-13-6-8(9)10(7-12)3-1-4-10/h2,5-6H,1,3-4H2. The number of rotatable bonds is 1. The highest BCUT2D eigenvalue weighted by atomic mass is 35.5. The van der Waals surface area contributed by atoms with E-state index in [1.165, 1.54) is 0 Å². The summed E-state index contributed by atoms with van der Waals surface area (Å²) in [5, 5.41) is 9.74. The van der Waals surface area contributed by atoms with Crippen molar-refractivity contribution in [2.24, 2.45) is 0 Å². The molecule has 2 rings (SSSR count). The quantitative estimate of drug-likeness (QED) is 0.686. The fourth-order valence-electron chi connectivity index (χ4n) is 1.70. The summed E-state index contributed by atoms with van der Waals surface area (Å²) in [5.41, 5.74) is 0.552. The number of nitrogens with zero attached hydrogens (tertiary/aromatic N) is 2. The molecule has 1 aromatic heterocycles. The Hall–Kier alpha value is -1.07. The first-order valence-electron chi connectivity index (χ1n) is 4.30. The van der Waals surface area contributed by atoms with Crippen LogP contribution in [0.3, 0.4) is 0 Å². The number of nitriles is 1. The molecule has 1 aromatic rings. The van der Waals surface area contributed by atoms with Crippen LogP contribution in [0.4, 0.5) is 0 Å². The molecule has 3 heteroatoms. The van der Waals surface area contributed by atoms with Crippen molar-refractivity contribution in [3.05, 3.63) is 29.0 Å². The second-order valence-electron chi connectivity index (χ2n) is 3.40. The average molecular weight is 193 g/mol. The van der Waals surface area contributed by atoms with Crippen molar-refractivity contribution in [3.8, 4) is 6.07 Å². The van der Waals surface area contributed by atoms with E-state index in [2.05, 4.69) is 11.1 Å². The molecule has 0 atom stereocenters. The van der Waals surface area contributed by atoms with E-state index >= 15 is 0 Å². The van der Waals surface area contributed by atoms with Crippen LogP contribution >= 0.6 is 11.6 Å². The predicted molar refractivity (Wildman–Crippen MR) is 50.4 cm³/mol. The van der Waals surface area contributed by atoms with Gasteiger partial charge in [0, 0.05) is 23.0 Å². The maximum atomic E-state index is 9.08. The molecule has 1 aliphatic carbocycles. The summed E-state index contributed by atoms with van der Waals surface area (Å²) >= 11 is 6.01. The van der Waals surface area contributed by atoms with Crippen LogP contribution in [0.15, 0.2) is 18.5 Å². The van der Waals surface area contributed by atoms with Crippen molar-refractivity contribution in [3.63, 3.8) is 0 Å². The molecular formula is C10H9ClN2. The topological polar surface area (TPSA) is 36.7 Å². The third-order valence-corrected chi connectivity index (χ3v) is 3.03.